The highest BCUT2D eigenvalue weighted by molar-refractivity contribution is 7.14. The Labute approximate surface area is 120 Å². The van der Waals surface area contributed by atoms with Crippen molar-refractivity contribution in [2.24, 2.45) is 11.8 Å². The van der Waals surface area contributed by atoms with Gasteiger partial charge in [-0.2, -0.15) is 0 Å². The molecule has 20 heavy (non-hydrogen) atoms. The van der Waals surface area contributed by atoms with E-state index in [0.29, 0.717) is 0 Å². The normalized spacial score (nSPS) is 25.4. The molecule has 0 bridgehead atoms. The summed E-state index contributed by atoms with van der Waals surface area (Å²) in [5.41, 5.74) is 0.758. The fourth-order valence-electron chi connectivity index (χ4n) is 3.17. The lowest BCUT2D eigenvalue weighted by Crippen LogP contribution is -2.31. The molecule has 0 aromatic carbocycles. The van der Waals surface area contributed by atoms with Gasteiger partial charge in [0.05, 0.1) is 18.4 Å². The Morgan fingerprint density at radius 3 is 2.45 bits per heavy atom. The minimum Gasteiger partial charge on any atom is -0.477 e. The number of carboxylic acid groups (broad SMARTS) is 1. The zero-order valence-corrected chi connectivity index (χ0v) is 11.9. The van der Waals surface area contributed by atoms with Gasteiger partial charge in [0.25, 0.3) is 0 Å². The third kappa shape index (κ3) is 1.95. The molecule has 2 aliphatic rings. The number of hydrogen-bond donors (Lipinski definition) is 1. The van der Waals surface area contributed by atoms with Crippen molar-refractivity contribution in [1.82, 2.24) is 4.90 Å². The second-order valence-corrected chi connectivity index (χ2v) is 6.66. The van der Waals surface area contributed by atoms with Gasteiger partial charge in [0.2, 0.25) is 11.8 Å². The molecule has 1 N–H and O–H groups in total. The molecule has 0 spiro atoms. The van der Waals surface area contributed by atoms with Crippen LogP contribution < -0.4 is 0 Å². The summed E-state index contributed by atoms with van der Waals surface area (Å²) in [5, 5.41) is 8.98. The number of imide groups is 1. The fourth-order valence-corrected chi connectivity index (χ4v) is 4.04. The summed E-state index contributed by atoms with van der Waals surface area (Å²) in [7, 11) is 0. The largest absolute Gasteiger partial charge is 0.477 e. The maximum Gasteiger partial charge on any atom is 0.345 e. The monoisotopic (exact) mass is 293 g/mol. The number of amides is 2. The average Bonchev–Trinajstić information content (AvgIpc) is 3.05. The number of fused-ring (bicyclic) bond motifs is 1. The minimum absolute atomic E-state index is 0.0834. The van der Waals surface area contributed by atoms with Crippen LogP contribution in [-0.4, -0.2) is 27.8 Å². The van der Waals surface area contributed by atoms with Gasteiger partial charge in [0.1, 0.15) is 4.88 Å². The van der Waals surface area contributed by atoms with E-state index in [9.17, 15) is 14.4 Å². The summed E-state index contributed by atoms with van der Waals surface area (Å²) in [5.74, 6) is -1.42. The molecule has 1 aromatic heterocycles. The summed E-state index contributed by atoms with van der Waals surface area (Å²) in [6.45, 7) is 2.03. The molecule has 5 nitrogen and oxygen atoms in total. The standard InChI is InChI=1S/C14H15NO4S/c1-7-8(5-11(20-7)14(18)19)6-15-12(16)9-3-2-4-10(9)13(15)17/h5,9-10H,2-4,6H2,1H3,(H,18,19). The number of nitrogens with zero attached hydrogens (tertiary/aromatic N) is 1. The second-order valence-electron chi connectivity index (χ2n) is 5.40. The molecule has 2 atom stereocenters. The quantitative estimate of drug-likeness (QED) is 0.865. The van der Waals surface area contributed by atoms with Crippen molar-refractivity contribution in [3.05, 3.63) is 21.4 Å². The third-order valence-electron chi connectivity index (χ3n) is 4.24. The molecule has 6 heteroatoms. The number of aromatic carboxylic acids is 1. The Balaban J connectivity index is 1.83. The van der Waals surface area contributed by atoms with Crippen LogP contribution in [0.25, 0.3) is 0 Å². The van der Waals surface area contributed by atoms with Gasteiger partial charge in [-0.1, -0.05) is 6.42 Å². The molecule has 2 unspecified atom stereocenters. The summed E-state index contributed by atoms with van der Waals surface area (Å²) in [6.07, 6.45) is 2.55. The van der Waals surface area contributed by atoms with Gasteiger partial charge in [-0.25, -0.2) is 4.79 Å². The predicted molar refractivity (Wildman–Crippen MR) is 72.4 cm³/mol. The number of thiophene rings is 1. The number of hydrogen-bond acceptors (Lipinski definition) is 4. The maximum absolute atomic E-state index is 12.2. The van der Waals surface area contributed by atoms with Crippen molar-refractivity contribution >= 4 is 29.1 Å². The van der Waals surface area contributed by atoms with Crippen LogP contribution in [0.2, 0.25) is 0 Å². The van der Waals surface area contributed by atoms with E-state index >= 15 is 0 Å². The summed E-state index contributed by atoms with van der Waals surface area (Å²) in [4.78, 5) is 37.9. The topological polar surface area (TPSA) is 74.7 Å². The third-order valence-corrected chi connectivity index (χ3v) is 5.32. The Morgan fingerprint density at radius 2 is 1.95 bits per heavy atom. The highest BCUT2D eigenvalue weighted by Crippen LogP contribution is 2.40. The highest BCUT2D eigenvalue weighted by Gasteiger charge is 2.49. The molecule has 0 radical (unpaired) electrons. The summed E-state index contributed by atoms with van der Waals surface area (Å²) < 4.78 is 0. The summed E-state index contributed by atoms with van der Waals surface area (Å²) in [6, 6.07) is 1.57. The molecule has 1 aliphatic heterocycles. The second kappa shape index (κ2) is 4.70. The van der Waals surface area contributed by atoms with Gasteiger partial charge >= 0.3 is 5.97 Å². The van der Waals surface area contributed by atoms with Crippen LogP contribution in [0, 0.1) is 18.8 Å². The van der Waals surface area contributed by atoms with Gasteiger partial charge in [0.15, 0.2) is 0 Å². The van der Waals surface area contributed by atoms with Crippen molar-refractivity contribution < 1.29 is 19.5 Å². The highest BCUT2D eigenvalue weighted by atomic mass is 32.1. The molecule has 1 saturated carbocycles. The number of carbonyl (C=O) groups is 3. The first kappa shape index (κ1) is 13.3. The predicted octanol–water partition coefficient (Wildman–Crippen LogP) is 2.04. The van der Waals surface area contributed by atoms with Crippen LogP contribution in [0.4, 0.5) is 0 Å². The number of rotatable bonds is 3. The van der Waals surface area contributed by atoms with E-state index in [-0.39, 0.29) is 35.1 Å². The van der Waals surface area contributed by atoms with E-state index in [4.69, 9.17) is 5.11 Å². The van der Waals surface area contributed by atoms with Gasteiger partial charge < -0.3 is 5.11 Å². The van der Waals surface area contributed by atoms with E-state index < -0.39 is 5.97 Å². The molecule has 2 fully saturated rings. The number of carbonyl (C=O) groups excluding carboxylic acids is 2. The molecule has 2 heterocycles. The SMILES string of the molecule is Cc1sc(C(=O)O)cc1CN1C(=O)C2CCCC2C1=O. The maximum atomic E-state index is 12.2. The minimum atomic E-state index is -0.972. The number of carboxylic acids is 1. The Hall–Kier alpha value is -1.69. The average molecular weight is 293 g/mol. The van der Waals surface area contributed by atoms with Crippen molar-refractivity contribution in [3.8, 4) is 0 Å². The lowest BCUT2D eigenvalue weighted by atomic mass is 10.00. The van der Waals surface area contributed by atoms with Crippen LogP contribution in [-0.2, 0) is 16.1 Å². The number of likely N-dealkylation sites (tertiary alicyclic amines) is 1. The van der Waals surface area contributed by atoms with E-state index in [2.05, 4.69) is 0 Å². The van der Waals surface area contributed by atoms with E-state index in [0.717, 1.165) is 29.7 Å². The molecule has 2 amide bonds. The zero-order valence-electron chi connectivity index (χ0n) is 11.1. The Bertz CT molecular complexity index is 584. The summed E-state index contributed by atoms with van der Waals surface area (Å²) >= 11 is 1.18. The molecule has 106 valence electrons. The van der Waals surface area contributed by atoms with Crippen LogP contribution in [0.15, 0.2) is 6.07 Å². The van der Waals surface area contributed by atoms with Gasteiger partial charge in [0, 0.05) is 4.88 Å². The van der Waals surface area contributed by atoms with Crippen LogP contribution in [0.1, 0.15) is 39.4 Å². The van der Waals surface area contributed by atoms with Gasteiger partial charge in [-0.3, -0.25) is 14.5 Å². The van der Waals surface area contributed by atoms with Crippen molar-refractivity contribution in [2.45, 2.75) is 32.7 Å². The number of aryl methyl sites for hydroxylation is 1. The first-order chi connectivity index (χ1) is 9.49. The first-order valence-corrected chi connectivity index (χ1v) is 7.48. The lowest BCUT2D eigenvalue weighted by molar-refractivity contribution is -0.141. The molecule has 1 saturated heterocycles. The van der Waals surface area contributed by atoms with Crippen LogP contribution in [0.3, 0.4) is 0 Å². The Kier molecular flexibility index (Phi) is 3.12. The lowest BCUT2D eigenvalue weighted by Gasteiger charge is -2.15. The molecule has 1 aromatic rings. The smallest absolute Gasteiger partial charge is 0.345 e. The van der Waals surface area contributed by atoms with Crippen molar-refractivity contribution in [3.63, 3.8) is 0 Å². The molecular formula is C14H15NO4S. The van der Waals surface area contributed by atoms with Crippen molar-refractivity contribution in [2.75, 3.05) is 0 Å². The molecular weight excluding hydrogens is 278 g/mol. The van der Waals surface area contributed by atoms with Crippen LogP contribution in [0.5, 0.6) is 0 Å². The Morgan fingerprint density at radius 1 is 1.35 bits per heavy atom. The first-order valence-electron chi connectivity index (χ1n) is 6.67. The van der Waals surface area contributed by atoms with Crippen molar-refractivity contribution in [1.29, 1.82) is 0 Å². The van der Waals surface area contributed by atoms with E-state index in [1.165, 1.54) is 16.2 Å². The fraction of sp³-hybridized carbons (Fsp3) is 0.500. The van der Waals surface area contributed by atoms with Gasteiger partial charge in [-0.05, 0) is 31.4 Å². The van der Waals surface area contributed by atoms with Crippen LogP contribution >= 0.6 is 11.3 Å². The molecule has 3 rings (SSSR count). The zero-order chi connectivity index (χ0) is 14.4. The van der Waals surface area contributed by atoms with E-state index in [1.54, 1.807) is 6.07 Å². The van der Waals surface area contributed by atoms with E-state index in [1.807, 2.05) is 6.92 Å². The molecule has 1 aliphatic carbocycles. The van der Waals surface area contributed by atoms with Gasteiger partial charge in [-0.15, -0.1) is 11.3 Å².